The second-order valence-corrected chi connectivity index (χ2v) is 9.38. The number of benzene rings is 4. The number of carbonyl (C=O) groups excluding carboxylic acids is 2. The fourth-order valence-corrected chi connectivity index (χ4v) is 4.64. The van der Waals surface area contributed by atoms with Crippen molar-refractivity contribution in [3.8, 4) is 11.4 Å². The summed E-state index contributed by atoms with van der Waals surface area (Å²) in [5.41, 5.74) is 3.11. The van der Waals surface area contributed by atoms with Crippen molar-refractivity contribution in [1.29, 1.82) is 0 Å². The number of carbonyl (C=O) groups is 2. The Bertz CT molecular complexity index is 1940. The molecular weight excluding hydrogens is 518 g/mol. The van der Waals surface area contributed by atoms with E-state index in [4.69, 9.17) is 11.6 Å². The predicted molar refractivity (Wildman–Crippen MR) is 150 cm³/mol. The number of aromatic nitrogens is 3. The first-order valence-corrected chi connectivity index (χ1v) is 12.4. The van der Waals surface area contributed by atoms with Crippen LogP contribution in [0.4, 0.5) is 11.4 Å². The summed E-state index contributed by atoms with van der Waals surface area (Å²) in [6.45, 7) is 0. The van der Waals surface area contributed by atoms with Gasteiger partial charge in [0.05, 0.1) is 23.3 Å². The van der Waals surface area contributed by atoms with E-state index in [0.717, 1.165) is 21.7 Å². The lowest BCUT2D eigenvalue weighted by Gasteiger charge is -2.09. The number of hydrogen-bond acceptors (Lipinski definition) is 5. The largest absolute Gasteiger partial charge is 0.439 e. The van der Waals surface area contributed by atoms with Gasteiger partial charge in [-0.2, -0.15) is 0 Å². The molecule has 0 aliphatic rings. The van der Waals surface area contributed by atoms with E-state index in [1.807, 2.05) is 54.6 Å². The minimum atomic E-state index is -0.729. The Morgan fingerprint density at radius 3 is 2.46 bits per heavy atom. The molecule has 4 N–H and O–H groups in total. The minimum absolute atomic E-state index is 0.130. The van der Waals surface area contributed by atoms with E-state index in [-0.39, 0.29) is 23.8 Å². The molecule has 2 amide bonds. The van der Waals surface area contributed by atoms with Gasteiger partial charge in [-0.05, 0) is 46.7 Å². The zero-order valence-electron chi connectivity index (χ0n) is 20.2. The van der Waals surface area contributed by atoms with Crippen LogP contribution in [0.15, 0.2) is 94.2 Å². The summed E-state index contributed by atoms with van der Waals surface area (Å²) >= 11 is 6.11. The molecule has 2 heterocycles. The Labute approximate surface area is 225 Å². The van der Waals surface area contributed by atoms with Crippen LogP contribution in [-0.2, 0) is 11.2 Å². The third kappa shape index (κ3) is 5.03. The number of anilines is 2. The first kappa shape index (κ1) is 24.2. The summed E-state index contributed by atoms with van der Waals surface area (Å²) in [6, 6.07) is 25.8. The maximum Gasteiger partial charge on any atom is 0.439 e. The molecule has 6 aromatic rings. The van der Waals surface area contributed by atoms with Gasteiger partial charge >= 0.3 is 5.76 Å². The van der Waals surface area contributed by atoms with Gasteiger partial charge in [-0.25, -0.2) is 4.79 Å². The summed E-state index contributed by atoms with van der Waals surface area (Å²) in [4.78, 5) is 43.0. The summed E-state index contributed by atoms with van der Waals surface area (Å²) in [5, 5.41) is 12.8. The number of nitrogens with one attached hydrogen (secondary N) is 4. The van der Waals surface area contributed by atoms with E-state index in [1.54, 1.807) is 30.3 Å². The van der Waals surface area contributed by atoms with Crippen molar-refractivity contribution in [3.05, 3.63) is 112 Å². The summed E-state index contributed by atoms with van der Waals surface area (Å²) in [5.74, 6) is -1.21. The van der Waals surface area contributed by atoms with Crippen LogP contribution >= 0.6 is 11.6 Å². The highest BCUT2D eigenvalue weighted by atomic mass is 35.5. The van der Waals surface area contributed by atoms with Gasteiger partial charge < -0.3 is 15.6 Å². The number of amides is 2. The lowest BCUT2D eigenvalue weighted by Crippen LogP contribution is -2.15. The van der Waals surface area contributed by atoms with Crippen LogP contribution in [0, 0.1) is 0 Å². The van der Waals surface area contributed by atoms with E-state index in [0.29, 0.717) is 27.5 Å². The monoisotopic (exact) mass is 537 g/mol. The molecule has 0 bridgehead atoms. The minimum Gasteiger partial charge on any atom is -0.349 e. The van der Waals surface area contributed by atoms with Crippen molar-refractivity contribution in [2.24, 2.45) is 0 Å². The fourth-order valence-electron chi connectivity index (χ4n) is 4.47. The van der Waals surface area contributed by atoms with Gasteiger partial charge in [0.1, 0.15) is 5.69 Å². The number of H-pyrrole nitrogens is 2. The quantitative estimate of drug-likeness (QED) is 0.215. The molecule has 0 saturated heterocycles. The Morgan fingerprint density at radius 2 is 1.64 bits per heavy atom. The molecule has 39 heavy (non-hydrogen) atoms. The number of hydrogen-bond donors (Lipinski definition) is 4. The molecule has 0 atom stereocenters. The van der Waals surface area contributed by atoms with Gasteiger partial charge in [0.15, 0.2) is 5.82 Å². The molecule has 0 aliphatic carbocycles. The molecule has 9 nitrogen and oxygen atoms in total. The SMILES string of the molecule is O=C(Cc1ccc2ccccc2c1)Nc1cccc2cc(C(=O)Nc3ccc(Cl)cc3-c3noc(=O)[nH]3)[nH]c12. The highest BCUT2D eigenvalue weighted by Gasteiger charge is 2.17. The van der Waals surface area contributed by atoms with Crippen molar-refractivity contribution in [1.82, 2.24) is 15.1 Å². The Kier molecular flexibility index (Phi) is 6.18. The summed E-state index contributed by atoms with van der Waals surface area (Å²) in [7, 11) is 0. The van der Waals surface area contributed by atoms with E-state index < -0.39 is 11.7 Å². The van der Waals surface area contributed by atoms with Gasteiger partial charge in [0, 0.05) is 16.0 Å². The highest BCUT2D eigenvalue weighted by molar-refractivity contribution is 6.31. The number of para-hydroxylation sites is 1. The zero-order chi connectivity index (χ0) is 26.9. The zero-order valence-corrected chi connectivity index (χ0v) is 21.0. The molecule has 10 heteroatoms. The summed E-state index contributed by atoms with van der Waals surface area (Å²) < 4.78 is 4.59. The molecule has 192 valence electrons. The van der Waals surface area contributed by atoms with Crippen LogP contribution in [0.25, 0.3) is 33.1 Å². The lowest BCUT2D eigenvalue weighted by molar-refractivity contribution is -0.115. The fraction of sp³-hybridized carbons (Fsp3) is 0.0345. The van der Waals surface area contributed by atoms with E-state index in [2.05, 4.69) is 30.3 Å². The summed E-state index contributed by atoms with van der Waals surface area (Å²) in [6.07, 6.45) is 0.207. The number of fused-ring (bicyclic) bond motifs is 2. The first-order chi connectivity index (χ1) is 18.9. The number of nitrogens with zero attached hydrogens (tertiary/aromatic N) is 1. The van der Waals surface area contributed by atoms with Crippen LogP contribution in [-0.4, -0.2) is 26.9 Å². The van der Waals surface area contributed by atoms with Crippen LogP contribution in [0.2, 0.25) is 5.02 Å². The molecule has 0 unspecified atom stereocenters. The average molecular weight is 538 g/mol. The molecular formula is C29H20ClN5O4. The second-order valence-electron chi connectivity index (χ2n) is 8.95. The second kappa shape index (κ2) is 9.96. The highest BCUT2D eigenvalue weighted by Crippen LogP contribution is 2.30. The molecule has 0 spiro atoms. The first-order valence-electron chi connectivity index (χ1n) is 12.0. The third-order valence-electron chi connectivity index (χ3n) is 6.28. The number of halogens is 1. The van der Waals surface area contributed by atoms with Gasteiger partial charge in [-0.15, -0.1) is 0 Å². The van der Waals surface area contributed by atoms with E-state index in [9.17, 15) is 14.4 Å². The molecule has 0 saturated carbocycles. The van der Waals surface area contributed by atoms with Crippen molar-refractivity contribution in [2.45, 2.75) is 6.42 Å². The molecule has 0 radical (unpaired) electrons. The van der Waals surface area contributed by atoms with E-state index in [1.165, 1.54) is 0 Å². The van der Waals surface area contributed by atoms with Crippen molar-refractivity contribution >= 4 is 56.5 Å². The molecule has 6 rings (SSSR count). The average Bonchev–Trinajstić information content (AvgIpc) is 3.57. The van der Waals surface area contributed by atoms with Gasteiger partial charge in [0.25, 0.3) is 5.91 Å². The Balaban J connectivity index is 1.22. The molecule has 0 fully saturated rings. The van der Waals surface area contributed by atoms with E-state index >= 15 is 0 Å². The van der Waals surface area contributed by atoms with Crippen LogP contribution in [0.1, 0.15) is 16.1 Å². The van der Waals surface area contributed by atoms with Crippen molar-refractivity contribution in [3.63, 3.8) is 0 Å². The molecule has 2 aromatic heterocycles. The van der Waals surface area contributed by atoms with Crippen LogP contribution in [0.3, 0.4) is 0 Å². The van der Waals surface area contributed by atoms with Crippen LogP contribution in [0.5, 0.6) is 0 Å². The third-order valence-corrected chi connectivity index (χ3v) is 6.51. The number of rotatable bonds is 6. The van der Waals surface area contributed by atoms with Gasteiger partial charge in [0.2, 0.25) is 5.91 Å². The van der Waals surface area contributed by atoms with Crippen molar-refractivity contribution < 1.29 is 14.1 Å². The standard InChI is InChI=1S/C29H20ClN5O4/c30-20-10-11-22(21(15-20)27-34-29(38)39-35-27)33-28(37)24-14-19-6-3-7-23(26(19)32-24)31-25(36)13-16-8-9-17-4-1-2-5-18(17)12-16/h1-12,14-15,32H,13H2,(H,31,36)(H,33,37)(H,34,35,38). The normalized spacial score (nSPS) is 11.1. The lowest BCUT2D eigenvalue weighted by atomic mass is 10.0. The Hall–Kier alpha value is -5.15. The van der Waals surface area contributed by atoms with Gasteiger partial charge in [-0.3, -0.25) is 19.1 Å². The molecule has 4 aromatic carbocycles. The predicted octanol–water partition coefficient (Wildman–Crippen LogP) is 5.75. The molecule has 0 aliphatic heterocycles. The topological polar surface area (TPSA) is 133 Å². The number of aromatic amines is 2. The maximum atomic E-state index is 13.2. The van der Waals surface area contributed by atoms with Crippen molar-refractivity contribution in [2.75, 3.05) is 10.6 Å². The maximum absolute atomic E-state index is 13.2. The van der Waals surface area contributed by atoms with Gasteiger partial charge in [-0.1, -0.05) is 71.4 Å². The Morgan fingerprint density at radius 1 is 0.821 bits per heavy atom. The van der Waals surface area contributed by atoms with Crippen LogP contribution < -0.4 is 16.4 Å². The smallest absolute Gasteiger partial charge is 0.349 e.